The number of nitrogens with zero attached hydrogens (tertiary/aromatic N) is 1. The van der Waals surface area contributed by atoms with Crippen LogP contribution in [0.1, 0.15) is 11.1 Å². The molecule has 0 aromatic heterocycles. The average molecular weight is 262 g/mol. The highest BCUT2D eigenvalue weighted by molar-refractivity contribution is 5.62. The van der Waals surface area contributed by atoms with Gasteiger partial charge in [-0.05, 0) is 36.8 Å². The summed E-state index contributed by atoms with van der Waals surface area (Å²) in [4.78, 5) is 0. The molecule has 1 N–H and O–H groups in total. The molecule has 2 nitrogen and oxygen atoms in total. The first-order valence-corrected chi connectivity index (χ1v) is 5.44. The number of halogens is 3. The summed E-state index contributed by atoms with van der Waals surface area (Å²) < 4.78 is 40.6. The summed E-state index contributed by atoms with van der Waals surface area (Å²) in [5, 5.41) is 11.0. The van der Waals surface area contributed by atoms with Crippen LogP contribution in [0.2, 0.25) is 0 Å². The quantitative estimate of drug-likeness (QED) is 0.887. The number of hydrogen-bond acceptors (Lipinski definition) is 2. The van der Waals surface area contributed by atoms with Gasteiger partial charge in [0.15, 0.2) is 11.6 Å². The topological polar surface area (TPSA) is 35.8 Å². The Hall–Kier alpha value is -2.48. The molecule has 0 bridgehead atoms. The molecule has 5 heteroatoms. The average Bonchev–Trinajstić information content (AvgIpc) is 2.38. The molecule has 0 aliphatic rings. The van der Waals surface area contributed by atoms with E-state index in [0.29, 0.717) is 0 Å². The summed E-state index contributed by atoms with van der Waals surface area (Å²) in [7, 11) is 0. The summed E-state index contributed by atoms with van der Waals surface area (Å²) >= 11 is 0. The van der Waals surface area contributed by atoms with E-state index in [2.05, 4.69) is 5.32 Å². The van der Waals surface area contributed by atoms with Crippen LogP contribution >= 0.6 is 0 Å². The van der Waals surface area contributed by atoms with Crippen molar-refractivity contribution in [3.05, 3.63) is 58.9 Å². The molecular weight excluding hydrogens is 253 g/mol. The monoisotopic (exact) mass is 262 g/mol. The minimum atomic E-state index is -1.25. The number of nitrogens with one attached hydrogen (secondary N) is 1. The van der Waals surface area contributed by atoms with Gasteiger partial charge in [0.05, 0.1) is 16.9 Å². The summed E-state index contributed by atoms with van der Waals surface area (Å²) in [5.41, 5.74) is 0.134. The number of hydrogen-bond donors (Lipinski definition) is 1. The fourth-order valence-electron chi connectivity index (χ4n) is 1.60. The van der Waals surface area contributed by atoms with Crippen molar-refractivity contribution in [1.82, 2.24) is 0 Å². The highest BCUT2D eigenvalue weighted by Crippen LogP contribution is 2.25. The van der Waals surface area contributed by atoms with Gasteiger partial charge in [0.1, 0.15) is 11.9 Å². The third kappa shape index (κ3) is 2.52. The van der Waals surface area contributed by atoms with Crippen molar-refractivity contribution >= 4 is 11.4 Å². The van der Waals surface area contributed by atoms with Crippen LogP contribution < -0.4 is 5.32 Å². The number of nitriles is 1. The van der Waals surface area contributed by atoms with E-state index < -0.39 is 23.0 Å². The maximum absolute atomic E-state index is 13.6. The van der Waals surface area contributed by atoms with Crippen LogP contribution in [0.25, 0.3) is 0 Å². The first-order chi connectivity index (χ1) is 9.02. The van der Waals surface area contributed by atoms with Gasteiger partial charge in [0, 0.05) is 0 Å². The van der Waals surface area contributed by atoms with Crippen molar-refractivity contribution in [2.75, 3.05) is 5.32 Å². The summed E-state index contributed by atoms with van der Waals surface area (Å²) in [6.07, 6.45) is 0. The largest absolute Gasteiger partial charge is 0.351 e. The van der Waals surface area contributed by atoms with Gasteiger partial charge in [-0.25, -0.2) is 13.2 Å². The number of anilines is 2. The van der Waals surface area contributed by atoms with Crippen molar-refractivity contribution in [2.45, 2.75) is 6.92 Å². The van der Waals surface area contributed by atoms with Crippen LogP contribution in [0, 0.1) is 35.7 Å². The lowest BCUT2D eigenvalue weighted by molar-refractivity contribution is 0.509. The molecule has 96 valence electrons. The Bertz CT molecular complexity index is 675. The molecule has 0 amide bonds. The number of rotatable bonds is 2. The van der Waals surface area contributed by atoms with Gasteiger partial charge in [-0.3, -0.25) is 0 Å². The maximum atomic E-state index is 13.6. The van der Waals surface area contributed by atoms with E-state index in [-0.39, 0.29) is 11.4 Å². The standard InChI is InChI=1S/C14H9F3N2/c1-8-2-4-11(10(15)6-8)19-12-5-3-9(7-18)13(16)14(12)17/h2-6,19H,1H3. The molecule has 0 heterocycles. The van der Waals surface area contributed by atoms with E-state index in [0.717, 1.165) is 11.6 Å². The molecule has 0 radical (unpaired) electrons. The van der Waals surface area contributed by atoms with Crippen molar-refractivity contribution in [1.29, 1.82) is 5.26 Å². The zero-order chi connectivity index (χ0) is 14.0. The van der Waals surface area contributed by atoms with Gasteiger partial charge in [-0.15, -0.1) is 0 Å². The first kappa shape index (κ1) is 13.0. The molecule has 2 aromatic rings. The smallest absolute Gasteiger partial charge is 0.183 e. The lowest BCUT2D eigenvalue weighted by Gasteiger charge is -2.10. The molecule has 0 aliphatic carbocycles. The van der Waals surface area contributed by atoms with Crippen molar-refractivity contribution in [3.8, 4) is 6.07 Å². The second-order valence-corrected chi connectivity index (χ2v) is 4.01. The van der Waals surface area contributed by atoms with Crippen LogP contribution in [0.15, 0.2) is 30.3 Å². The normalized spacial score (nSPS) is 10.1. The lowest BCUT2D eigenvalue weighted by atomic mass is 10.1. The van der Waals surface area contributed by atoms with E-state index in [1.54, 1.807) is 13.0 Å². The van der Waals surface area contributed by atoms with E-state index in [9.17, 15) is 13.2 Å². The Morgan fingerprint density at radius 1 is 1.00 bits per heavy atom. The van der Waals surface area contributed by atoms with Gasteiger partial charge < -0.3 is 5.32 Å². The third-order valence-corrected chi connectivity index (χ3v) is 2.60. The molecule has 2 rings (SSSR count). The second kappa shape index (κ2) is 5.02. The van der Waals surface area contributed by atoms with E-state index in [1.165, 1.54) is 24.3 Å². The molecule has 0 aliphatic heterocycles. The SMILES string of the molecule is Cc1ccc(Nc2ccc(C#N)c(F)c2F)c(F)c1. The highest BCUT2D eigenvalue weighted by Gasteiger charge is 2.14. The summed E-state index contributed by atoms with van der Waals surface area (Å²) in [5.74, 6) is -3.02. The Kier molecular flexibility index (Phi) is 3.43. The van der Waals surface area contributed by atoms with E-state index >= 15 is 0 Å². The Labute approximate surface area is 108 Å². The van der Waals surface area contributed by atoms with E-state index in [4.69, 9.17) is 5.26 Å². The maximum Gasteiger partial charge on any atom is 0.183 e. The lowest BCUT2D eigenvalue weighted by Crippen LogP contribution is -2.00. The Morgan fingerprint density at radius 2 is 1.68 bits per heavy atom. The molecule has 0 unspecified atom stereocenters. The van der Waals surface area contributed by atoms with Crippen LogP contribution in [0.4, 0.5) is 24.5 Å². The molecule has 0 saturated heterocycles. The summed E-state index contributed by atoms with van der Waals surface area (Å²) in [6, 6.07) is 8.20. The van der Waals surface area contributed by atoms with E-state index in [1.807, 2.05) is 0 Å². The second-order valence-electron chi connectivity index (χ2n) is 4.01. The first-order valence-electron chi connectivity index (χ1n) is 5.44. The zero-order valence-electron chi connectivity index (χ0n) is 9.97. The van der Waals surface area contributed by atoms with Crippen molar-refractivity contribution in [3.63, 3.8) is 0 Å². The van der Waals surface area contributed by atoms with Gasteiger partial charge >= 0.3 is 0 Å². The minimum Gasteiger partial charge on any atom is -0.351 e. The Morgan fingerprint density at radius 3 is 2.32 bits per heavy atom. The summed E-state index contributed by atoms with van der Waals surface area (Å²) in [6.45, 7) is 1.72. The predicted octanol–water partition coefficient (Wildman–Crippen LogP) is 4.03. The molecular formula is C14H9F3N2. The number of aryl methyl sites for hydroxylation is 1. The molecule has 19 heavy (non-hydrogen) atoms. The molecule has 2 aromatic carbocycles. The predicted molar refractivity (Wildman–Crippen MR) is 65.5 cm³/mol. The van der Waals surface area contributed by atoms with Crippen LogP contribution in [-0.4, -0.2) is 0 Å². The fourth-order valence-corrected chi connectivity index (χ4v) is 1.60. The van der Waals surface area contributed by atoms with Gasteiger partial charge in [0.2, 0.25) is 0 Å². The number of benzene rings is 2. The van der Waals surface area contributed by atoms with Crippen molar-refractivity contribution in [2.24, 2.45) is 0 Å². The van der Waals surface area contributed by atoms with Gasteiger partial charge in [0.25, 0.3) is 0 Å². The van der Waals surface area contributed by atoms with Crippen LogP contribution in [-0.2, 0) is 0 Å². The molecule has 0 saturated carbocycles. The fraction of sp³-hybridized carbons (Fsp3) is 0.0714. The van der Waals surface area contributed by atoms with Crippen LogP contribution in [0.3, 0.4) is 0 Å². The van der Waals surface area contributed by atoms with Gasteiger partial charge in [-0.2, -0.15) is 5.26 Å². The van der Waals surface area contributed by atoms with Crippen LogP contribution in [0.5, 0.6) is 0 Å². The third-order valence-electron chi connectivity index (χ3n) is 2.60. The molecule has 0 spiro atoms. The highest BCUT2D eigenvalue weighted by atomic mass is 19.2. The minimum absolute atomic E-state index is 0.0357. The molecule has 0 atom stereocenters. The zero-order valence-corrected chi connectivity index (χ0v) is 9.97. The molecule has 0 fully saturated rings. The Balaban J connectivity index is 2.39. The van der Waals surface area contributed by atoms with Gasteiger partial charge in [-0.1, -0.05) is 6.07 Å². The van der Waals surface area contributed by atoms with Crippen molar-refractivity contribution < 1.29 is 13.2 Å².